The zero-order valence-corrected chi connectivity index (χ0v) is 13.4. The van der Waals surface area contributed by atoms with Gasteiger partial charge in [0, 0.05) is 6.20 Å². The number of nitrogens with two attached hydrogens (primary N) is 1. The molecule has 0 spiro atoms. The maximum atomic E-state index is 10.9. The van der Waals surface area contributed by atoms with Crippen LogP contribution >= 0.6 is 7.60 Å². The van der Waals surface area contributed by atoms with Gasteiger partial charge < -0.3 is 39.8 Å². The van der Waals surface area contributed by atoms with Crippen molar-refractivity contribution in [3.8, 4) is 0 Å². The summed E-state index contributed by atoms with van der Waals surface area (Å²) in [5, 5.41) is 21.3. The second-order valence-corrected chi connectivity index (χ2v) is 7.29. The van der Waals surface area contributed by atoms with Gasteiger partial charge in [-0.3, -0.25) is 4.57 Å². The molecule has 0 bridgehead atoms. The molecule has 6 N–H and O–H groups in total. The number of anilines is 1. The van der Waals surface area contributed by atoms with Gasteiger partial charge in [0.1, 0.15) is 29.5 Å². The summed E-state index contributed by atoms with van der Waals surface area (Å²) in [6.45, 7) is 1.32. The number of hydrogen-bond acceptors (Lipinski definition) is 8. The minimum atomic E-state index is -4.45. The van der Waals surface area contributed by atoms with E-state index in [1.165, 1.54) is 17.8 Å². The smallest absolute Gasteiger partial charge is 0.351 e. The van der Waals surface area contributed by atoms with Gasteiger partial charge in [0.05, 0.1) is 5.39 Å². The van der Waals surface area contributed by atoms with E-state index in [0.29, 0.717) is 11.0 Å². The lowest BCUT2D eigenvalue weighted by Gasteiger charge is -2.27. The quantitative estimate of drug-likeness (QED) is 0.431. The molecule has 0 saturated carbocycles. The van der Waals surface area contributed by atoms with Crippen LogP contribution in [-0.2, 0) is 14.0 Å². The van der Waals surface area contributed by atoms with Gasteiger partial charge in [0.25, 0.3) is 0 Å². The highest BCUT2D eigenvalue weighted by atomic mass is 31.2. The van der Waals surface area contributed by atoms with Gasteiger partial charge >= 0.3 is 7.60 Å². The molecule has 24 heavy (non-hydrogen) atoms. The average molecular weight is 360 g/mol. The topological polar surface area (TPSA) is 173 Å². The van der Waals surface area contributed by atoms with Crippen LogP contribution in [0.1, 0.15) is 13.2 Å². The molecule has 2 aromatic heterocycles. The van der Waals surface area contributed by atoms with E-state index >= 15 is 0 Å². The number of aliphatic hydroxyl groups is 2. The number of nitrogen functional groups attached to an aromatic ring is 1. The number of rotatable bonds is 4. The monoisotopic (exact) mass is 360 g/mol. The molecular formula is C12H17N4O7P. The van der Waals surface area contributed by atoms with Crippen LogP contribution in [0.25, 0.3) is 11.0 Å². The zero-order chi connectivity index (χ0) is 17.7. The Balaban J connectivity index is 1.92. The molecule has 3 heterocycles. The van der Waals surface area contributed by atoms with Crippen molar-refractivity contribution in [3.05, 3.63) is 18.6 Å². The normalized spacial score (nSPS) is 31.0. The van der Waals surface area contributed by atoms with E-state index in [1.54, 1.807) is 12.3 Å². The molecule has 1 unspecified atom stereocenters. The molecule has 0 radical (unpaired) electrons. The first-order chi connectivity index (χ1) is 11.1. The molecule has 0 aromatic carbocycles. The van der Waals surface area contributed by atoms with Gasteiger partial charge in [-0.15, -0.1) is 0 Å². The Labute approximate surface area is 135 Å². The molecule has 1 fully saturated rings. The third-order valence-corrected chi connectivity index (χ3v) is 4.30. The predicted octanol–water partition coefficient (Wildman–Crippen LogP) is -0.868. The van der Waals surface area contributed by atoms with E-state index in [0.717, 1.165) is 0 Å². The Bertz CT molecular complexity index is 804. The fourth-order valence-electron chi connectivity index (χ4n) is 2.59. The maximum absolute atomic E-state index is 10.9. The van der Waals surface area contributed by atoms with Gasteiger partial charge in [0.2, 0.25) is 0 Å². The van der Waals surface area contributed by atoms with Gasteiger partial charge in [-0.05, 0) is 13.0 Å². The fourth-order valence-corrected chi connectivity index (χ4v) is 2.93. The first-order valence-corrected chi connectivity index (χ1v) is 8.70. The highest BCUT2D eigenvalue weighted by molar-refractivity contribution is 7.51. The largest absolute Gasteiger partial charge is 0.385 e. The number of fused-ring (bicyclic) bond motifs is 1. The minimum absolute atomic E-state index is 0.242. The number of aliphatic hydroxyl groups excluding tert-OH is 1. The lowest BCUT2D eigenvalue weighted by Crippen LogP contribution is -2.44. The summed E-state index contributed by atoms with van der Waals surface area (Å²) in [5.74, 6) is 0.242. The number of hydrogen-bond donors (Lipinski definition) is 5. The van der Waals surface area contributed by atoms with E-state index in [2.05, 4.69) is 9.97 Å². The predicted molar refractivity (Wildman–Crippen MR) is 80.5 cm³/mol. The first-order valence-electron chi connectivity index (χ1n) is 6.90. The summed E-state index contributed by atoms with van der Waals surface area (Å²) in [5.41, 5.74) is 4.33. The minimum Gasteiger partial charge on any atom is -0.385 e. The van der Waals surface area contributed by atoms with Crippen molar-refractivity contribution >= 4 is 24.4 Å². The number of aromatic nitrogens is 3. The highest BCUT2D eigenvalue weighted by Crippen LogP contribution is 2.42. The molecule has 1 saturated heterocycles. The van der Waals surface area contributed by atoms with Crippen molar-refractivity contribution in [1.82, 2.24) is 14.5 Å². The zero-order valence-electron chi connectivity index (χ0n) is 12.6. The molecular weight excluding hydrogens is 343 g/mol. The lowest BCUT2D eigenvalue weighted by atomic mass is 9.99. The number of ether oxygens (including phenoxy) is 2. The SMILES string of the molecule is C[C@@]1(O)C(O)[C@@H](OCP(=O)(O)O)O[C@H]1n1ccc2c(N)ncnc21. The van der Waals surface area contributed by atoms with Crippen molar-refractivity contribution in [3.63, 3.8) is 0 Å². The molecule has 132 valence electrons. The maximum Gasteiger partial charge on any atom is 0.351 e. The Kier molecular flexibility index (Phi) is 4.12. The molecule has 12 heteroatoms. The molecule has 11 nitrogen and oxygen atoms in total. The van der Waals surface area contributed by atoms with E-state index in [9.17, 15) is 14.8 Å². The molecule has 4 atom stereocenters. The van der Waals surface area contributed by atoms with Crippen molar-refractivity contribution in [2.24, 2.45) is 0 Å². The third kappa shape index (κ3) is 2.91. The van der Waals surface area contributed by atoms with E-state index in [1.807, 2.05) is 0 Å². The summed E-state index contributed by atoms with van der Waals surface area (Å²) in [6.07, 6.45) is -2.22. The molecule has 1 aliphatic rings. The lowest BCUT2D eigenvalue weighted by molar-refractivity contribution is -0.167. The van der Waals surface area contributed by atoms with Crippen LogP contribution in [0.15, 0.2) is 18.6 Å². The van der Waals surface area contributed by atoms with Crippen LogP contribution in [0, 0.1) is 0 Å². The van der Waals surface area contributed by atoms with Crippen LogP contribution in [0.3, 0.4) is 0 Å². The summed E-state index contributed by atoms with van der Waals surface area (Å²) < 4.78 is 22.7. The van der Waals surface area contributed by atoms with Gasteiger partial charge in [-0.2, -0.15) is 0 Å². The van der Waals surface area contributed by atoms with Gasteiger partial charge in [-0.25, -0.2) is 9.97 Å². The van der Waals surface area contributed by atoms with Crippen LogP contribution in [0.2, 0.25) is 0 Å². The van der Waals surface area contributed by atoms with Crippen LogP contribution in [0.5, 0.6) is 0 Å². The Hall–Kier alpha value is -1.59. The van der Waals surface area contributed by atoms with Crippen molar-refractivity contribution in [1.29, 1.82) is 0 Å². The summed E-state index contributed by atoms with van der Waals surface area (Å²) in [4.78, 5) is 25.7. The first kappa shape index (κ1) is 17.2. The van der Waals surface area contributed by atoms with Gasteiger partial charge in [0.15, 0.2) is 18.9 Å². The summed E-state index contributed by atoms with van der Waals surface area (Å²) >= 11 is 0. The molecule has 3 rings (SSSR count). The van der Waals surface area contributed by atoms with E-state index in [-0.39, 0.29) is 5.82 Å². The molecule has 0 amide bonds. The number of nitrogens with zero attached hydrogens (tertiary/aromatic N) is 3. The van der Waals surface area contributed by atoms with Crippen LogP contribution in [-0.4, -0.2) is 58.9 Å². The standard InChI is InChI=1S/C12H17N4O7P/c1-12(18)7(17)10(22-5-24(19,20)21)23-11(12)16-3-2-6-8(13)14-4-15-9(6)16/h2-4,7,10-11,17-18H,5H2,1H3,(H2,13,14,15)(H2,19,20,21)/t7?,10-,11+,12+/m0/s1. The van der Waals surface area contributed by atoms with Crippen LogP contribution in [0.4, 0.5) is 5.82 Å². The van der Waals surface area contributed by atoms with Crippen molar-refractivity contribution in [2.45, 2.75) is 31.1 Å². The van der Waals surface area contributed by atoms with Crippen molar-refractivity contribution in [2.75, 3.05) is 12.1 Å². The molecule has 0 aliphatic carbocycles. The Morgan fingerprint density at radius 1 is 1.50 bits per heavy atom. The Morgan fingerprint density at radius 3 is 2.88 bits per heavy atom. The fraction of sp³-hybridized carbons (Fsp3) is 0.500. The van der Waals surface area contributed by atoms with Crippen LogP contribution < -0.4 is 5.73 Å². The third-order valence-electron chi connectivity index (χ3n) is 3.82. The molecule has 2 aromatic rings. The van der Waals surface area contributed by atoms with E-state index in [4.69, 9.17) is 25.0 Å². The second kappa shape index (κ2) is 5.74. The van der Waals surface area contributed by atoms with Crippen molar-refractivity contribution < 1.29 is 34.0 Å². The van der Waals surface area contributed by atoms with E-state index < -0.39 is 38.2 Å². The molecule has 1 aliphatic heterocycles. The summed E-state index contributed by atoms with van der Waals surface area (Å²) in [6, 6.07) is 1.63. The summed E-state index contributed by atoms with van der Waals surface area (Å²) in [7, 11) is -4.45. The average Bonchev–Trinajstić information content (AvgIpc) is 2.99. The second-order valence-electron chi connectivity index (χ2n) is 5.71. The van der Waals surface area contributed by atoms with Gasteiger partial charge in [-0.1, -0.05) is 0 Å². The Morgan fingerprint density at radius 2 is 2.21 bits per heavy atom. The highest BCUT2D eigenvalue weighted by Gasteiger charge is 2.54.